The third-order valence-corrected chi connectivity index (χ3v) is 2.50. The molecule has 0 spiro atoms. The van der Waals surface area contributed by atoms with Crippen LogP contribution in [0.4, 0.5) is 4.79 Å². The molecule has 1 rings (SSSR count). The SMILES string of the molecule is CC(C)(C)OC(=O)N[C@@H](CO)c1ccccc1Cl. The number of carbonyl (C=O) groups is 1. The molecular weight excluding hydrogens is 254 g/mol. The van der Waals surface area contributed by atoms with Crippen LogP contribution in [0.2, 0.25) is 5.02 Å². The Balaban J connectivity index is 2.74. The zero-order chi connectivity index (χ0) is 13.8. The van der Waals surface area contributed by atoms with Crippen LogP contribution in [0.15, 0.2) is 24.3 Å². The number of benzene rings is 1. The van der Waals surface area contributed by atoms with Crippen LogP contribution >= 0.6 is 11.6 Å². The van der Waals surface area contributed by atoms with Crippen molar-refractivity contribution in [1.29, 1.82) is 0 Å². The molecule has 0 heterocycles. The number of rotatable bonds is 3. The number of carbonyl (C=O) groups excluding carboxylic acids is 1. The lowest BCUT2D eigenvalue weighted by molar-refractivity contribution is 0.0482. The van der Waals surface area contributed by atoms with Gasteiger partial charge in [-0.1, -0.05) is 29.8 Å². The van der Waals surface area contributed by atoms with E-state index >= 15 is 0 Å². The second kappa shape index (κ2) is 6.07. The van der Waals surface area contributed by atoms with Crippen LogP contribution in [0.25, 0.3) is 0 Å². The Morgan fingerprint density at radius 3 is 2.56 bits per heavy atom. The van der Waals surface area contributed by atoms with Gasteiger partial charge in [-0.15, -0.1) is 0 Å². The predicted molar refractivity (Wildman–Crippen MR) is 70.6 cm³/mol. The smallest absolute Gasteiger partial charge is 0.408 e. The van der Waals surface area contributed by atoms with Gasteiger partial charge in [-0.05, 0) is 32.4 Å². The monoisotopic (exact) mass is 271 g/mol. The van der Waals surface area contributed by atoms with E-state index in [0.29, 0.717) is 10.6 Å². The Hall–Kier alpha value is -1.26. The molecule has 0 unspecified atom stereocenters. The summed E-state index contributed by atoms with van der Waals surface area (Å²) in [6.45, 7) is 5.07. The van der Waals surface area contributed by atoms with E-state index in [1.165, 1.54) is 0 Å². The van der Waals surface area contributed by atoms with Crippen LogP contribution in [0.1, 0.15) is 32.4 Å². The number of hydrogen-bond donors (Lipinski definition) is 2. The molecule has 1 aromatic rings. The van der Waals surface area contributed by atoms with Crippen LogP contribution in [0.5, 0.6) is 0 Å². The number of alkyl carbamates (subject to hydrolysis) is 1. The summed E-state index contributed by atoms with van der Waals surface area (Å²) >= 11 is 6.01. The summed E-state index contributed by atoms with van der Waals surface area (Å²) < 4.78 is 5.13. The minimum Gasteiger partial charge on any atom is -0.444 e. The van der Waals surface area contributed by atoms with Gasteiger partial charge in [0.05, 0.1) is 12.6 Å². The first-order valence-electron chi connectivity index (χ1n) is 5.68. The summed E-state index contributed by atoms with van der Waals surface area (Å²) in [5.41, 5.74) is 0.0809. The van der Waals surface area contributed by atoms with E-state index in [1.807, 2.05) is 0 Å². The zero-order valence-corrected chi connectivity index (χ0v) is 11.5. The highest BCUT2D eigenvalue weighted by atomic mass is 35.5. The molecule has 5 heteroatoms. The quantitative estimate of drug-likeness (QED) is 0.889. The van der Waals surface area contributed by atoms with Crippen molar-refractivity contribution in [1.82, 2.24) is 5.32 Å². The van der Waals surface area contributed by atoms with Crippen molar-refractivity contribution in [2.45, 2.75) is 32.4 Å². The van der Waals surface area contributed by atoms with Crippen LogP contribution in [-0.4, -0.2) is 23.4 Å². The zero-order valence-electron chi connectivity index (χ0n) is 10.7. The molecule has 1 atom stereocenters. The molecule has 2 N–H and O–H groups in total. The summed E-state index contributed by atoms with van der Waals surface area (Å²) in [4.78, 5) is 11.6. The van der Waals surface area contributed by atoms with E-state index in [4.69, 9.17) is 16.3 Å². The van der Waals surface area contributed by atoms with E-state index in [1.54, 1.807) is 45.0 Å². The second-order valence-electron chi connectivity index (χ2n) is 4.90. The standard InChI is InChI=1S/C13H18ClNO3/c1-13(2,3)18-12(17)15-11(8-16)9-6-4-5-7-10(9)14/h4-7,11,16H,8H2,1-3H3,(H,15,17)/t11-/m0/s1. The van der Waals surface area contributed by atoms with Gasteiger partial charge >= 0.3 is 6.09 Å². The summed E-state index contributed by atoms with van der Waals surface area (Å²) in [5, 5.41) is 12.4. The minimum atomic E-state index is -0.582. The second-order valence-corrected chi connectivity index (χ2v) is 5.31. The van der Waals surface area contributed by atoms with Crippen molar-refractivity contribution in [3.63, 3.8) is 0 Å². The number of amides is 1. The maximum Gasteiger partial charge on any atom is 0.408 e. The Labute approximate surface area is 112 Å². The number of halogens is 1. The van der Waals surface area contributed by atoms with Gasteiger partial charge < -0.3 is 15.2 Å². The molecule has 0 bridgehead atoms. The summed E-state index contributed by atoms with van der Waals surface area (Å²) in [7, 11) is 0. The van der Waals surface area contributed by atoms with Gasteiger partial charge in [0.1, 0.15) is 5.60 Å². The number of aliphatic hydroxyl groups excluding tert-OH is 1. The lowest BCUT2D eigenvalue weighted by atomic mass is 10.1. The molecule has 1 aromatic carbocycles. The van der Waals surface area contributed by atoms with Crippen molar-refractivity contribution in [2.75, 3.05) is 6.61 Å². The molecule has 18 heavy (non-hydrogen) atoms. The van der Waals surface area contributed by atoms with E-state index in [2.05, 4.69) is 5.32 Å². The number of aliphatic hydroxyl groups is 1. The molecule has 0 saturated heterocycles. The highest BCUT2D eigenvalue weighted by molar-refractivity contribution is 6.31. The third-order valence-electron chi connectivity index (χ3n) is 2.15. The van der Waals surface area contributed by atoms with Gasteiger partial charge in [-0.25, -0.2) is 4.79 Å². The first-order chi connectivity index (χ1) is 8.33. The first-order valence-corrected chi connectivity index (χ1v) is 6.06. The average Bonchev–Trinajstić information content (AvgIpc) is 2.24. The fourth-order valence-electron chi connectivity index (χ4n) is 1.43. The number of hydrogen-bond acceptors (Lipinski definition) is 3. The first kappa shape index (κ1) is 14.8. The van der Waals surface area contributed by atoms with Crippen LogP contribution < -0.4 is 5.32 Å². The number of nitrogens with one attached hydrogen (secondary N) is 1. The predicted octanol–water partition coefficient (Wildman–Crippen LogP) is 2.90. The van der Waals surface area contributed by atoms with Crippen molar-refractivity contribution < 1.29 is 14.6 Å². The van der Waals surface area contributed by atoms with Crippen molar-refractivity contribution in [3.8, 4) is 0 Å². The van der Waals surface area contributed by atoms with Gasteiger partial charge in [0.2, 0.25) is 0 Å². The third kappa shape index (κ3) is 4.55. The van der Waals surface area contributed by atoms with E-state index in [0.717, 1.165) is 0 Å². The van der Waals surface area contributed by atoms with E-state index < -0.39 is 17.7 Å². The molecule has 0 radical (unpaired) electrons. The fourth-order valence-corrected chi connectivity index (χ4v) is 1.70. The summed E-state index contributed by atoms with van der Waals surface area (Å²) in [6, 6.07) is 6.46. The van der Waals surface area contributed by atoms with Crippen molar-refractivity contribution in [2.24, 2.45) is 0 Å². The molecule has 0 saturated carbocycles. The Morgan fingerprint density at radius 2 is 2.06 bits per heavy atom. The topological polar surface area (TPSA) is 58.6 Å². The Bertz CT molecular complexity index is 415. The maximum absolute atomic E-state index is 11.6. The van der Waals surface area contributed by atoms with E-state index in [9.17, 15) is 9.90 Å². The van der Waals surface area contributed by atoms with Crippen LogP contribution in [-0.2, 0) is 4.74 Å². The van der Waals surface area contributed by atoms with Gasteiger partial charge in [0, 0.05) is 5.02 Å². The van der Waals surface area contributed by atoms with Gasteiger partial charge in [0.15, 0.2) is 0 Å². The molecule has 0 aromatic heterocycles. The van der Waals surface area contributed by atoms with Crippen molar-refractivity contribution >= 4 is 17.7 Å². The molecule has 1 amide bonds. The largest absolute Gasteiger partial charge is 0.444 e. The molecule has 0 aliphatic heterocycles. The molecule has 0 fully saturated rings. The number of ether oxygens (including phenoxy) is 1. The molecular formula is C13H18ClNO3. The van der Waals surface area contributed by atoms with Gasteiger partial charge in [-0.3, -0.25) is 0 Å². The van der Waals surface area contributed by atoms with Crippen LogP contribution in [0, 0.1) is 0 Å². The lowest BCUT2D eigenvalue weighted by Gasteiger charge is -2.23. The highest BCUT2D eigenvalue weighted by Gasteiger charge is 2.21. The normalized spacial score (nSPS) is 12.9. The molecule has 0 aliphatic carbocycles. The van der Waals surface area contributed by atoms with Gasteiger partial charge in [-0.2, -0.15) is 0 Å². The maximum atomic E-state index is 11.6. The summed E-state index contributed by atoms with van der Waals surface area (Å²) in [6.07, 6.45) is -0.582. The van der Waals surface area contributed by atoms with Crippen LogP contribution in [0.3, 0.4) is 0 Å². The Morgan fingerprint density at radius 1 is 1.44 bits per heavy atom. The fraction of sp³-hybridized carbons (Fsp3) is 0.462. The molecule has 0 aliphatic rings. The van der Waals surface area contributed by atoms with E-state index in [-0.39, 0.29) is 6.61 Å². The average molecular weight is 272 g/mol. The van der Waals surface area contributed by atoms with Crippen molar-refractivity contribution in [3.05, 3.63) is 34.9 Å². The Kier molecular flexibility index (Phi) is 4.99. The summed E-state index contributed by atoms with van der Waals surface area (Å²) in [5.74, 6) is 0. The minimum absolute atomic E-state index is 0.247. The molecule has 100 valence electrons. The molecule has 4 nitrogen and oxygen atoms in total. The lowest BCUT2D eigenvalue weighted by Crippen LogP contribution is -2.36. The highest BCUT2D eigenvalue weighted by Crippen LogP contribution is 2.22. The van der Waals surface area contributed by atoms with Gasteiger partial charge in [0.25, 0.3) is 0 Å².